The van der Waals surface area contributed by atoms with E-state index in [0.29, 0.717) is 5.92 Å². The molecule has 0 amide bonds. The Hall–Kier alpha value is -4.85. The molecule has 0 fully saturated rings. The maximum Gasteiger partial charge on any atom is 0.0707 e. The largest absolute Gasteiger partial charge is 0.183 e. The molecule has 5 aromatic rings. The van der Waals surface area contributed by atoms with Crippen molar-refractivity contribution < 1.29 is 0 Å². The maximum atomic E-state index is 4.64. The molecule has 0 aliphatic heterocycles. The van der Waals surface area contributed by atoms with Gasteiger partial charge in [-0.3, -0.25) is 0 Å². The van der Waals surface area contributed by atoms with Gasteiger partial charge in [0, 0.05) is 5.41 Å². The lowest BCUT2D eigenvalue weighted by Gasteiger charge is -2.33. The summed E-state index contributed by atoms with van der Waals surface area (Å²) < 4.78 is 0. The van der Waals surface area contributed by atoms with Crippen LogP contribution in [0.2, 0.25) is 0 Å². The second kappa shape index (κ2) is 24.0. The van der Waals surface area contributed by atoms with Gasteiger partial charge in [-0.2, -0.15) is 12.6 Å². The van der Waals surface area contributed by atoms with E-state index in [-0.39, 0.29) is 10.8 Å². The van der Waals surface area contributed by atoms with Crippen LogP contribution in [0.3, 0.4) is 0 Å². The van der Waals surface area contributed by atoms with Gasteiger partial charge >= 0.3 is 0 Å². The highest BCUT2D eigenvalue weighted by Gasteiger charge is 2.46. The van der Waals surface area contributed by atoms with Gasteiger partial charge in [0.1, 0.15) is 0 Å². The highest BCUT2D eigenvalue weighted by Crippen LogP contribution is 2.56. The SMILES string of the molecule is C=C/C=C\C(C)c1ccc2c(c1)C(C)(c1ccccc1)CC2.C=C1/C(=C/C/C=C\C)c2ccccc2C1(c1ccccc1)c1ccccc1.CC.CCCC.CS. The van der Waals surface area contributed by atoms with E-state index >= 15 is 0 Å². The van der Waals surface area contributed by atoms with E-state index in [1.807, 2.05) is 26.0 Å². The first-order valence-electron chi connectivity index (χ1n) is 21.0. The zero-order valence-electron chi connectivity index (χ0n) is 36.1. The molecule has 0 heterocycles. The molecule has 2 aliphatic carbocycles. The molecule has 2 unspecified atom stereocenters. The van der Waals surface area contributed by atoms with Gasteiger partial charge in [-0.05, 0) is 94.0 Å². The second-order valence-electron chi connectivity index (χ2n) is 14.5. The van der Waals surface area contributed by atoms with Crippen LogP contribution < -0.4 is 0 Å². The summed E-state index contributed by atoms with van der Waals surface area (Å²) in [5.74, 6) is 0.420. The Morgan fingerprint density at radius 3 is 1.77 bits per heavy atom. The summed E-state index contributed by atoms with van der Waals surface area (Å²) in [6.07, 6.45) is 20.3. The van der Waals surface area contributed by atoms with Crippen LogP contribution in [-0.4, -0.2) is 6.26 Å². The van der Waals surface area contributed by atoms with Gasteiger partial charge in [0.2, 0.25) is 0 Å². The predicted octanol–water partition coefficient (Wildman–Crippen LogP) is 16.1. The Labute approximate surface area is 353 Å². The Morgan fingerprint density at radius 1 is 0.719 bits per heavy atom. The van der Waals surface area contributed by atoms with Crippen molar-refractivity contribution in [3.05, 3.63) is 233 Å². The molecule has 0 bridgehead atoms. The molecule has 0 nitrogen and oxygen atoms in total. The number of rotatable bonds is 9. The smallest absolute Gasteiger partial charge is 0.0707 e. The molecule has 0 radical (unpaired) electrons. The average Bonchev–Trinajstić information content (AvgIpc) is 3.76. The number of thiol groups is 1. The van der Waals surface area contributed by atoms with Gasteiger partial charge in [-0.15, -0.1) is 0 Å². The van der Waals surface area contributed by atoms with Crippen molar-refractivity contribution in [3.8, 4) is 0 Å². The Morgan fingerprint density at radius 2 is 1.25 bits per heavy atom. The normalized spacial score (nSPS) is 17.1. The van der Waals surface area contributed by atoms with Crippen LogP contribution in [0.4, 0.5) is 0 Å². The molecule has 0 saturated heterocycles. The summed E-state index contributed by atoms with van der Waals surface area (Å²) >= 11 is 3.53. The van der Waals surface area contributed by atoms with E-state index in [1.54, 1.807) is 6.26 Å². The minimum Gasteiger partial charge on any atom is -0.183 e. The van der Waals surface area contributed by atoms with Gasteiger partial charge in [-0.25, -0.2) is 0 Å². The van der Waals surface area contributed by atoms with E-state index in [0.717, 1.165) is 12.0 Å². The number of benzene rings is 5. The Balaban J connectivity index is 0.000000262. The van der Waals surface area contributed by atoms with Crippen molar-refractivity contribution in [2.45, 2.75) is 97.3 Å². The molecular formula is C56H68S. The summed E-state index contributed by atoms with van der Waals surface area (Å²) in [6.45, 7) is 23.5. The number of hydrogen-bond acceptors (Lipinski definition) is 1. The molecule has 7 rings (SSSR count). The zero-order chi connectivity index (χ0) is 41.7. The first kappa shape index (κ1) is 46.5. The fourth-order valence-corrected chi connectivity index (χ4v) is 7.92. The molecule has 5 aromatic carbocycles. The number of allylic oxidation sites excluding steroid dienone is 8. The Kier molecular flexibility index (Phi) is 19.6. The van der Waals surface area contributed by atoms with Gasteiger partial charge in [-0.1, -0.05) is 237 Å². The molecule has 2 atom stereocenters. The predicted molar refractivity (Wildman–Crippen MR) is 258 cm³/mol. The number of fused-ring (bicyclic) bond motifs is 2. The van der Waals surface area contributed by atoms with E-state index in [4.69, 9.17) is 0 Å². The van der Waals surface area contributed by atoms with Crippen molar-refractivity contribution in [1.29, 1.82) is 0 Å². The first-order valence-corrected chi connectivity index (χ1v) is 21.9. The summed E-state index contributed by atoms with van der Waals surface area (Å²) in [6, 6.07) is 48.3. The van der Waals surface area contributed by atoms with E-state index in [9.17, 15) is 0 Å². The highest BCUT2D eigenvalue weighted by atomic mass is 32.1. The third-order valence-corrected chi connectivity index (χ3v) is 11.1. The van der Waals surface area contributed by atoms with Crippen molar-refractivity contribution >= 4 is 18.2 Å². The molecule has 0 saturated carbocycles. The van der Waals surface area contributed by atoms with E-state index in [2.05, 4.69) is 218 Å². The molecule has 298 valence electrons. The van der Waals surface area contributed by atoms with Crippen molar-refractivity contribution in [2.75, 3.05) is 6.26 Å². The molecule has 0 aromatic heterocycles. The fourth-order valence-electron chi connectivity index (χ4n) is 7.92. The third kappa shape index (κ3) is 10.8. The standard InChI is InChI=1S/C27H24.C22H24.C4H10.C2H6.CH4S/c1-3-4-7-18-24-21(2)27(22-14-8-5-9-15-22,23-16-10-6-11-17-23)26-20-13-12-19-25(24)26;1-4-5-9-17(2)19-13-12-18-14-15-22(3,21(18)16-19)20-10-7-6-8-11-20;1-3-4-2;2*1-2/h3-6,8-20H,2,7H2,1H3;4-13,16-17H,1,14-15H2,2-3H3;3-4H2,1-2H3;1-2H3;2H,1H3/b4-3-,24-18-;9-5-;;;. The lowest BCUT2D eigenvalue weighted by molar-refractivity contribution is 0.565. The first-order chi connectivity index (χ1) is 27.9. The lowest BCUT2D eigenvalue weighted by atomic mass is 9.68. The van der Waals surface area contributed by atoms with Crippen LogP contribution in [0, 0.1) is 0 Å². The monoisotopic (exact) mass is 773 g/mol. The molecule has 1 heteroatoms. The van der Waals surface area contributed by atoms with Crippen LogP contribution in [0.1, 0.15) is 125 Å². The fraction of sp³-hybridized carbons (Fsp3) is 0.286. The summed E-state index contributed by atoms with van der Waals surface area (Å²) in [5, 5.41) is 0. The Bertz CT molecular complexity index is 1990. The van der Waals surface area contributed by atoms with Gasteiger partial charge in [0.15, 0.2) is 0 Å². The van der Waals surface area contributed by atoms with Crippen LogP contribution in [0.5, 0.6) is 0 Å². The van der Waals surface area contributed by atoms with Gasteiger partial charge < -0.3 is 0 Å². The van der Waals surface area contributed by atoms with Gasteiger partial charge in [0.25, 0.3) is 0 Å². The van der Waals surface area contributed by atoms with Crippen molar-refractivity contribution in [2.24, 2.45) is 0 Å². The average molecular weight is 773 g/mol. The molecule has 0 N–H and O–H groups in total. The lowest BCUT2D eigenvalue weighted by Crippen LogP contribution is -2.28. The topological polar surface area (TPSA) is 0 Å². The van der Waals surface area contributed by atoms with Crippen LogP contribution >= 0.6 is 12.6 Å². The highest BCUT2D eigenvalue weighted by molar-refractivity contribution is 7.79. The molecule has 57 heavy (non-hydrogen) atoms. The summed E-state index contributed by atoms with van der Waals surface area (Å²) in [4.78, 5) is 0. The van der Waals surface area contributed by atoms with Crippen LogP contribution in [0.25, 0.3) is 5.57 Å². The molecule has 0 spiro atoms. The van der Waals surface area contributed by atoms with Crippen LogP contribution in [-0.2, 0) is 17.3 Å². The second-order valence-corrected chi connectivity index (χ2v) is 14.5. The quantitative estimate of drug-likeness (QED) is 0.0861. The minimum absolute atomic E-state index is 0.147. The van der Waals surface area contributed by atoms with Crippen LogP contribution in [0.15, 0.2) is 189 Å². The van der Waals surface area contributed by atoms with E-state index in [1.165, 1.54) is 75.8 Å². The molecular weight excluding hydrogens is 705 g/mol. The van der Waals surface area contributed by atoms with Gasteiger partial charge in [0.05, 0.1) is 5.41 Å². The minimum atomic E-state index is -0.346. The number of hydrogen-bond donors (Lipinski definition) is 1. The maximum absolute atomic E-state index is 4.64. The number of unbranched alkanes of at least 4 members (excludes halogenated alkanes) is 1. The molecule has 2 aliphatic rings. The summed E-state index contributed by atoms with van der Waals surface area (Å²) in [5.41, 5.74) is 13.2. The third-order valence-electron chi connectivity index (χ3n) is 11.1. The number of aryl methyl sites for hydroxylation is 1. The zero-order valence-corrected chi connectivity index (χ0v) is 37.0. The van der Waals surface area contributed by atoms with Crippen molar-refractivity contribution in [1.82, 2.24) is 0 Å². The summed E-state index contributed by atoms with van der Waals surface area (Å²) in [7, 11) is 0. The van der Waals surface area contributed by atoms with Crippen molar-refractivity contribution in [3.63, 3.8) is 0 Å². The van der Waals surface area contributed by atoms with E-state index < -0.39 is 0 Å².